The van der Waals surface area contributed by atoms with Crippen LogP contribution in [0.15, 0.2) is 64.4 Å². The third-order valence-corrected chi connectivity index (χ3v) is 6.94. The average Bonchev–Trinajstić information content (AvgIpc) is 3.11. The Morgan fingerprint density at radius 1 is 1.12 bits per heavy atom. The van der Waals surface area contributed by atoms with Crippen molar-refractivity contribution in [2.75, 3.05) is 11.9 Å². The molecule has 8 heteroatoms. The van der Waals surface area contributed by atoms with Crippen LogP contribution < -0.4 is 10.9 Å². The lowest BCUT2D eigenvalue weighted by Crippen LogP contribution is -2.31. The number of carbonyl (C=O) groups excluding carboxylic acids is 1. The molecule has 1 N–H and O–H groups in total. The fraction of sp³-hybridized carbons (Fsp3) is 0.280. The zero-order chi connectivity index (χ0) is 23.4. The summed E-state index contributed by atoms with van der Waals surface area (Å²) in [4.78, 5) is 33.3. The smallest absolute Gasteiger partial charge is 0.267 e. The summed E-state index contributed by atoms with van der Waals surface area (Å²) in [6.45, 7) is 4.80. The molecular weight excluding hydrogens is 452 g/mol. The summed E-state index contributed by atoms with van der Waals surface area (Å²) in [5, 5.41) is 3.30. The molecular formula is C25H26N4O2S2. The first kappa shape index (κ1) is 23.2. The van der Waals surface area contributed by atoms with E-state index in [1.165, 1.54) is 16.2 Å². The van der Waals surface area contributed by atoms with E-state index in [0.717, 1.165) is 24.8 Å². The van der Waals surface area contributed by atoms with E-state index in [0.29, 0.717) is 32.8 Å². The van der Waals surface area contributed by atoms with Crippen molar-refractivity contribution in [2.24, 2.45) is 0 Å². The number of rotatable bonds is 8. The fourth-order valence-corrected chi connectivity index (χ4v) is 5.18. The first-order valence-corrected chi connectivity index (χ1v) is 12.3. The molecule has 6 nitrogen and oxygen atoms in total. The van der Waals surface area contributed by atoms with Crippen LogP contribution in [0.25, 0.3) is 11.7 Å². The molecule has 1 aliphatic heterocycles. The van der Waals surface area contributed by atoms with Gasteiger partial charge in [0.1, 0.15) is 15.8 Å². The lowest BCUT2D eigenvalue weighted by molar-refractivity contribution is -0.123. The van der Waals surface area contributed by atoms with E-state index >= 15 is 0 Å². The third-order valence-electron chi connectivity index (χ3n) is 5.61. The minimum atomic E-state index is -0.222. The maximum atomic E-state index is 13.3. The Morgan fingerprint density at radius 2 is 1.88 bits per heavy atom. The molecule has 3 aromatic rings. The number of aromatic nitrogens is 2. The maximum absolute atomic E-state index is 13.3. The molecule has 0 radical (unpaired) electrons. The van der Waals surface area contributed by atoms with Crippen molar-refractivity contribution in [3.8, 4) is 0 Å². The minimum absolute atomic E-state index is 0.198. The number of unbranched alkanes of at least 4 members (excludes halogenated alkanes) is 2. The zero-order valence-corrected chi connectivity index (χ0v) is 20.3. The Morgan fingerprint density at radius 3 is 2.64 bits per heavy atom. The second kappa shape index (κ2) is 10.3. The summed E-state index contributed by atoms with van der Waals surface area (Å²) in [5.41, 5.74) is 1.70. The van der Waals surface area contributed by atoms with E-state index in [-0.39, 0.29) is 17.5 Å². The molecule has 0 saturated carbocycles. The van der Waals surface area contributed by atoms with Gasteiger partial charge in [-0.2, -0.15) is 0 Å². The Balaban J connectivity index is 1.71. The van der Waals surface area contributed by atoms with Crippen LogP contribution in [0.5, 0.6) is 0 Å². The molecule has 1 aliphatic rings. The number of hydrogen-bond acceptors (Lipinski definition) is 6. The second-order valence-electron chi connectivity index (χ2n) is 7.88. The average molecular weight is 479 g/mol. The molecule has 1 amide bonds. The summed E-state index contributed by atoms with van der Waals surface area (Å²) in [6, 6.07) is 15.0. The normalized spacial score (nSPS) is 16.1. The molecule has 1 saturated heterocycles. The highest BCUT2D eigenvalue weighted by molar-refractivity contribution is 8.26. The molecule has 1 unspecified atom stereocenters. The van der Waals surface area contributed by atoms with E-state index < -0.39 is 0 Å². The zero-order valence-electron chi connectivity index (χ0n) is 18.7. The van der Waals surface area contributed by atoms with Gasteiger partial charge >= 0.3 is 0 Å². The van der Waals surface area contributed by atoms with E-state index in [4.69, 9.17) is 12.2 Å². The molecule has 0 spiro atoms. The number of nitrogens with zero attached hydrogens (tertiary/aromatic N) is 3. The Labute approximate surface area is 202 Å². The third kappa shape index (κ3) is 4.86. The number of thioether (sulfide) groups is 1. The highest BCUT2D eigenvalue weighted by Crippen LogP contribution is 2.38. The number of thiocarbonyl (C=S) groups is 1. The van der Waals surface area contributed by atoms with Gasteiger partial charge in [0.2, 0.25) is 0 Å². The van der Waals surface area contributed by atoms with Crippen LogP contribution in [0.4, 0.5) is 5.82 Å². The molecule has 1 atom stereocenters. The van der Waals surface area contributed by atoms with Crippen LogP contribution in [0.1, 0.15) is 50.3 Å². The molecule has 4 rings (SSSR count). The van der Waals surface area contributed by atoms with Crippen LogP contribution in [-0.2, 0) is 4.79 Å². The summed E-state index contributed by atoms with van der Waals surface area (Å²) in [6.07, 6.45) is 6.48. The molecule has 1 aromatic carbocycles. The fourth-order valence-electron chi connectivity index (χ4n) is 3.77. The molecule has 3 heterocycles. The Bertz CT molecular complexity index is 1270. The van der Waals surface area contributed by atoms with Crippen LogP contribution in [0.2, 0.25) is 0 Å². The van der Waals surface area contributed by atoms with Crippen molar-refractivity contribution in [2.45, 2.75) is 39.2 Å². The van der Waals surface area contributed by atoms with Crippen LogP contribution in [-0.4, -0.2) is 31.1 Å². The second-order valence-corrected chi connectivity index (χ2v) is 9.56. The van der Waals surface area contributed by atoms with E-state index in [1.54, 1.807) is 29.3 Å². The Hall–Kier alpha value is -2.97. The van der Waals surface area contributed by atoms with Gasteiger partial charge in [0.15, 0.2) is 0 Å². The first-order chi connectivity index (χ1) is 16.0. The predicted octanol–water partition coefficient (Wildman–Crippen LogP) is 5.26. The molecule has 170 valence electrons. The van der Waals surface area contributed by atoms with Gasteiger partial charge in [0, 0.05) is 12.7 Å². The number of pyridine rings is 1. The quantitative estimate of drug-likeness (QED) is 0.271. The number of carbonyl (C=O) groups is 1. The van der Waals surface area contributed by atoms with Crippen molar-refractivity contribution in [1.82, 2.24) is 14.3 Å². The summed E-state index contributed by atoms with van der Waals surface area (Å²) in [5.74, 6) is 0.291. The number of fused-ring (bicyclic) bond motifs is 1. The van der Waals surface area contributed by atoms with Crippen LogP contribution in [0, 0.1) is 0 Å². The number of nitrogens with one attached hydrogen (secondary N) is 1. The van der Waals surface area contributed by atoms with Gasteiger partial charge in [-0.05, 0) is 37.1 Å². The van der Waals surface area contributed by atoms with Gasteiger partial charge in [0.05, 0.1) is 16.5 Å². The van der Waals surface area contributed by atoms with E-state index in [9.17, 15) is 9.59 Å². The molecule has 33 heavy (non-hydrogen) atoms. The van der Waals surface area contributed by atoms with Crippen molar-refractivity contribution in [3.05, 3.63) is 81.1 Å². The minimum Gasteiger partial charge on any atom is -0.369 e. The van der Waals surface area contributed by atoms with Crippen molar-refractivity contribution < 1.29 is 4.79 Å². The van der Waals surface area contributed by atoms with E-state index in [2.05, 4.69) is 17.2 Å². The lowest BCUT2D eigenvalue weighted by Gasteiger charge is -2.23. The van der Waals surface area contributed by atoms with Crippen molar-refractivity contribution >= 4 is 51.7 Å². The summed E-state index contributed by atoms with van der Waals surface area (Å²) in [7, 11) is 0. The Kier molecular flexibility index (Phi) is 7.25. The first-order valence-electron chi connectivity index (χ1n) is 11.1. The molecule has 0 aliphatic carbocycles. The lowest BCUT2D eigenvalue weighted by atomic mass is 10.1. The van der Waals surface area contributed by atoms with Crippen LogP contribution >= 0.6 is 24.0 Å². The van der Waals surface area contributed by atoms with Gasteiger partial charge in [0.25, 0.3) is 11.5 Å². The largest absolute Gasteiger partial charge is 0.369 e. The number of amides is 1. The summed E-state index contributed by atoms with van der Waals surface area (Å²) < 4.78 is 1.98. The summed E-state index contributed by atoms with van der Waals surface area (Å²) >= 11 is 6.76. The maximum Gasteiger partial charge on any atom is 0.267 e. The topological polar surface area (TPSA) is 66.7 Å². The standard InChI is InChI=1S/C25H26N4O2S2/c1-3-4-9-14-26-22-19(23(30)28-15-10-8-13-21(28)27-22)16-20-24(31)29(25(32)33-20)17(2)18-11-6-5-7-12-18/h5-8,10-13,15-17,26H,3-4,9,14H2,1-2H3. The SMILES string of the molecule is CCCCCNc1nc2ccccn2c(=O)c1C=C1SC(=S)N(C(C)c2ccccc2)C1=O. The monoisotopic (exact) mass is 478 g/mol. The van der Waals surface area contributed by atoms with Crippen molar-refractivity contribution in [1.29, 1.82) is 0 Å². The number of benzene rings is 1. The molecule has 1 fully saturated rings. The highest BCUT2D eigenvalue weighted by Gasteiger charge is 2.36. The molecule has 0 bridgehead atoms. The highest BCUT2D eigenvalue weighted by atomic mass is 32.2. The van der Waals surface area contributed by atoms with Gasteiger partial charge < -0.3 is 5.32 Å². The van der Waals surface area contributed by atoms with Gasteiger partial charge in [-0.1, -0.05) is 80.1 Å². The van der Waals surface area contributed by atoms with Crippen LogP contribution in [0.3, 0.4) is 0 Å². The van der Waals surface area contributed by atoms with E-state index in [1.807, 2.05) is 43.3 Å². The van der Waals surface area contributed by atoms with Gasteiger partial charge in [-0.25, -0.2) is 4.98 Å². The van der Waals surface area contributed by atoms with Crippen molar-refractivity contribution in [3.63, 3.8) is 0 Å². The number of anilines is 1. The molecule has 2 aromatic heterocycles. The van der Waals surface area contributed by atoms with Gasteiger partial charge in [-0.3, -0.25) is 18.9 Å². The number of hydrogen-bond donors (Lipinski definition) is 1. The predicted molar refractivity (Wildman–Crippen MR) is 139 cm³/mol. The van der Waals surface area contributed by atoms with Gasteiger partial charge in [-0.15, -0.1) is 0 Å².